The normalized spacial score (nSPS) is 20.2. The van der Waals surface area contributed by atoms with E-state index >= 15 is 0 Å². The Morgan fingerprint density at radius 1 is 1.50 bits per heavy atom. The quantitative estimate of drug-likeness (QED) is 0.680. The number of carbonyl (C=O) groups excluding carboxylic acids is 1. The minimum absolute atomic E-state index is 0.0686. The first-order chi connectivity index (χ1) is 6.58. The van der Waals surface area contributed by atoms with Crippen molar-refractivity contribution in [3.8, 4) is 0 Å². The number of amides is 1. The van der Waals surface area contributed by atoms with Crippen LogP contribution in [0.5, 0.6) is 0 Å². The molecule has 0 aliphatic heterocycles. The van der Waals surface area contributed by atoms with E-state index in [9.17, 15) is 4.79 Å². The average Bonchev–Trinajstić information content (AvgIpc) is 2.84. The number of nitrogens with one attached hydrogen (secondary N) is 1. The summed E-state index contributed by atoms with van der Waals surface area (Å²) in [5, 5.41) is 12.0. The predicted molar refractivity (Wildman–Crippen MR) is 55.9 cm³/mol. The van der Waals surface area contributed by atoms with E-state index in [2.05, 4.69) is 12.2 Å². The molecule has 1 rings (SSSR count). The van der Waals surface area contributed by atoms with Crippen molar-refractivity contribution in [3.63, 3.8) is 0 Å². The SMILES string of the molecule is CC(O)CCC(=O)NC(C)CC1CC1. The fourth-order valence-electron chi connectivity index (χ4n) is 1.60. The summed E-state index contributed by atoms with van der Waals surface area (Å²) in [5.41, 5.74) is 0. The molecule has 1 fully saturated rings. The maximum atomic E-state index is 11.3. The van der Waals surface area contributed by atoms with E-state index in [-0.39, 0.29) is 12.0 Å². The van der Waals surface area contributed by atoms with E-state index in [0.29, 0.717) is 18.9 Å². The molecule has 1 aliphatic carbocycles. The summed E-state index contributed by atoms with van der Waals surface area (Å²) in [6.45, 7) is 3.76. The molecule has 0 radical (unpaired) electrons. The molecule has 0 aromatic heterocycles. The van der Waals surface area contributed by atoms with Gasteiger partial charge in [0, 0.05) is 12.5 Å². The van der Waals surface area contributed by atoms with Gasteiger partial charge in [0.1, 0.15) is 0 Å². The highest BCUT2D eigenvalue weighted by atomic mass is 16.3. The van der Waals surface area contributed by atoms with Crippen LogP contribution in [0, 0.1) is 5.92 Å². The molecule has 14 heavy (non-hydrogen) atoms. The highest BCUT2D eigenvalue weighted by Crippen LogP contribution is 2.33. The Bertz CT molecular complexity index is 188. The molecule has 0 aromatic rings. The second-order valence-electron chi connectivity index (χ2n) is 4.54. The van der Waals surface area contributed by atoms with Crippen LogP contribution in [-0.2, 0) is 4.79 Å². The van der Waals surface area contributed by atoms with Crippen molar-refractivity contribution in [1.29, 1.82) is 0 Å². The summed E-state index contributed by atoms with van der Waals surface area (Å²) in [6, 6.07) is 0.295. The smallest absolute Gasteiger partial charge is 0.220 e. The minimum atomic E-state index is -0.375. The maximum Gasteiger partial charge on any atom is 0.220 e. The molecule has 3 nitrogen and oxygen atoms in total. The van der Waals surface area contributed by atoms with Crippen molar-refractivity contribution in [3.05, 3.63) is 0 Å². The maximum absolute atomic E-state index is 11.3. The lowest BCUT2D eigenvalue weighted by atomic mass is 10.1. The van der Waals surface area contributed by atoms with Crippen molar-refractivity contribution >= 4 is 5.91 Å². The lowest BCUT2D eigenvalue weighted by Gasteiger charge is -2.13. The average molecular weight is 199 g/mol. The molecule has 82 valence electrons. The second-order valence-corrected chi connectivity index (χ2v) is 4.54. The van der Waals surface area contributed by atoms with Gasteiger partial charge >= 0.3 is 0 Å². The zero-order valence-corrected chi connectivity index (χ0v) is 9.12. The van der Waals surface area contributed by atoms with Gasteiger partial charge < -0.3 is 10.4 Å². The molecular formula is C11H21NO2. The first-order valence-corrected chi connectivity index (χ1v) is 5.55. The highest BCUT2D eigenvalue weighted by Gasteiger charge is 2.24. The molecule has 1 amide bonds. The first-order valence-electron chi connectivity index (χ1n) is 5.55. The van der Waals surface area contributed by atoms with Gasteiger partial charge in [-0.05, 0) is 32.6 Å². The monoisotopic (exact) mass is 199 g/mol. The van der Waals surface area contributed by atoms with E-state index < -0.39 is 0 Å². The Hall–Kier alpha value is -0.570. The van der Waals surface area contributed by atoms with Crippen molar-refractivity contribution < 1.29 is 9.90 Å². The Balaban J connectivity index is 2.05. The predicted octanol–water partition coefficient (Wildman–Crippen LogP) is 1.45. The second kappa shape index (κ2) is 5.35. The fraction of sp³-hybridized carbons (Fsp3) is 0.909. The summed E-state index contributed by atoms with van der Waals surface area (Å²) in [4.78, 5) is 11.3. The van der Waals surface area contributed by atoms with Gasteiger partial charge in [0.05, 0.1) is 6.10 Å². The van der Waals surface area contributed by atoms with Gasteiger partial charge in [-0.1, -0.05) is 12.8 Å². The van der Waals surface area contributed by atoms with E-state index in [0.717, 1.165) is 12.3 Å². The molecule has 2 unspecified atom stereocenters. The van der Waals surface area contributed by atoms with Crippen molar-refractivity contribution in [2.75, 3.05) is 0 Å². The molecule has 0 heterocycles. The van der Waals surface area contributed by atoms with Crippen LogP contribution in [0.4, 0.5) is 0 Å². The van der Waals surface area contributed by atoms with Gasteiger partial charge in [0.2, 0.25) is 5.91 Å². The number of hydrogen-bond acceptors (Lipinski definition) is 2. The molecular weight excluding hydrogens is 178 g/mol. The third-order valence-corrected chi connectivity index (χ3v) is 2.58. The molecule has 3 heteroatoms. The van der Waals surface area contributed by atoms with Gasteiger partial charge in [-0.15, -0.1) is 0 Å². The summed E-state index contributed by atoms with van der Waals surface area (Å²) in [6.07, 6.45) is 4.39. The van der Waals surface area contributed by atoms with Crippen molar-refractivity contribution in [1.82, 2.24) is 5.32 Å². The van der Waals surface area contributed by atoms with Gasteiger partial charge in [0.15, 0.2) is 0 Å². The lowest BCUT2D eigenvalue weighted by Crippen LogP contribution is -2.33. The summed E-state index contributed by atoms with van der Waals surface area (Å²) in [5.74, 6) is 0.918. The Kier molecular flexibility index (Phi) is 4.39. The number of hydrogen-bond donors (Lipinski definition) is 2. The summed E-state index contributed by atoms with van der Waals surface area (Å²) >= 11 is 0. The lowest BCUT2D eigenvalue weighted by molar-refractivity contribution is -0.122. The van der Waals surface area contributed by atoms with E-state index in [1.54, 1.807) is 6.92 Å². The van der Waals surface area contributed by atoms with Crippen LogP contribution in [0.1, 0.15) is 46.0 Å². The van der Waals surface area contributed by atoms with Crippen molar-refractivity contribution in [2.24, 2.45) is 5.92 Å². The molecule has 0 saturated heterocycles. The largest absolute Gasteiger partial charge is 0.393 e. The van der Waals surface area contributed by atoms with Crippen LogP contribution in [0.2, 0.25) is 0 Å². The third kappa shape index (κ3) is 5.22. The topological polar surface area (TPSA) is 49.3 Å². The Morgan fingerprint density at radius 2 is 2.14 bits per heavy atom. The first kappa shape index (κ1) is 11.5. The standard InChI is InChI=1S/C11H21NO2/c1-8(7-10-4-5-10)12-11(14)6-3-9(2)13/h8-10,13H,3-7H2,1-2H3,(H,12,14). The van der Waals surface area contributed by atoms with Gasteiger partial charge in [0.25, 0.3) is 0 Å². The zero-order valence-electron chi connectivity index (χ0n) is 9.12. The van der Waals surface area contributed by atoms with E-state index in [4.69, 9.17) is 5.11 Å². The number of carbonyl (C=O) groups is 1. The van der Waals surface area contributed by atoms with Crippen molar-refractivity contribution in [2.45, 2.75) is 58.1 Å². The third-order valence-electron chi connectivity index (χ3n) is 2.58. The van der Waals surface area contributed by atoms with Gasteiger partial charge in [-0.25, -0.2) is 0 Å². The van der Waals surface area contributed by atoms with Crippen LogP contribution >= 0.6 is 0 Å². The summed E-state index contributed by atoms with van der Waals surface area (Å²) < 4.78 is 0. The van der Waals surface area contributed by atoms with Crippen LogP contribution in [-0.4, -0.2) is 23.2 Å². The molecule has 0 bridgehead atoms. The number of aliphatic hydroxyl groups excluding tert-OH is 1. The zero-order chi connectivity index (χ0) is 10.6. The fourth-order valence-corrected chi connectivity index (χ4v) is 1.60. The molecule has 0 spiro atoms. The molecule has 2 atom stereocenters. The molecule has 1 aliphatic rings. The van der Waals surface area contributed by atoms with Gasteiger partial charge in [-0.2, -0.15) is 0 Å². The summed E-state index contributed by atoms with van der Waals surface area (Å²) in [7, 11) is 0. The molecule has 1 saturated carbocycles. The number of aliphatic hydroxyl groups is 1. The van der Waals surface area contributed by atoms with Crippen LogP contribution in [0.15, 0.2) is 0 Å². The van der Waals surface area contributed by atoms with Crippen LogP contribution < -0.4 is 5.32 Å². The molecule has 0 aromatic carbocycles. The van der Waals surface area contributed by atoms with Crippen LogP contribution in [0.3, 0.4) is 0 Å². The Morgan fingerprint density at radius 3 is 2.64 bits per heavy atom. The number of rotatable bonds is 6. The molecule has 2 N–H and O–H groups in total. The highest BCUT2D eigenvalue weighted by molar-refractivity contribution is 5.76. The Labute approximate surface area is 85.9 Å². The van der Waals surface area contributed by atoms with Crippen LogP contribution in [0.25, 0.3) is 0 Å². The van der Waals surface area contributed by atoms with E-state index in [1.807, 2.05) is 0 Å². The van der Waals surface area contributed by atoms with E-state index in [1.165, 1.54) is 12.8 Å². The minimum Gasteiger partial charge on any atom is -0.393 e. The van der Waals surface area contributed by atoms with Gasteiger partial charge in [-0.3, -0.25) is 4.79 Å².